The van der Waals surface area contributed by atoms with Gasteiger partial charge < -0.3 is 9.47 Å². The highest BCUT2D eigenvalue weighted by atomic mass is 16.7. The first-order valence-corrected chi connectivity index (χ1v) is 3.78. The third-order valence-electron chi connectivity index (χ3n) is 1.71. The van der Waals surface area contributed by atoms with Gasteiger partial charge in [0.25, 0.3) is 0 Å². The summed E-state index contributed by atoms with van der Waals surface area (Å²) in [6.07, 6.45) is 3.51. The molecule has 1 unspecified atom stereocenters. The van der Waals surface area contributed by atoms with Crippen molar-refractivity contribution >= 4 is 6.29 Å². The third kappa shape index (κ3) is 1.37. The molecule has 11 heavy (non-hydrogen) atoms. The number of hydrogen-bond donors (Lipinski definition) is 0. The molecule has 0 amide bonds. The Kier molecular flexibility index (Phi) is 2.17. The molecule has 62 valence electrons. The number of aldehydes is 1. The molecule has 0 radical (unpaired) electrons. The summed E-state index contributed by atoms with van der Waals surface area (Å²) in [7, 11) is 0. The Balaban J connectivity index is 2.61. The van der Waals surface area contributed by atoms with Gasteiger partial charge in [-0.3, -0.25) is 4.79 Å². The van der Waals surface area contributed by atoms with Gasteiger partial charge in [-0.15, -0.1) is 0 Å². The third-order valence-corrected chi connectivity index (χ3v) is 1.71. The summed E-state index contributed by atoms with van der Waals surface area (Å²) in [4.78, 5) is 10.5. The van der Waals surface area contributed by atoms with E-state index in [0.29, 0.717) is 12.7 Å². The van der Waals surface area contributed by atoms with Gasteiger partial charge in [0.15, 0.2) is 0 Å². The SMILES string of the molecule is CCC1=COC(C=O)(CC)O1. The van der Waals surface area contributed by atoms with Crippen LogP contribution in [0.25, 0.3) is 0 Å². The molecule has 0 aromatic rings. The van der Waals surface area contributed by atoms with Gasteiger partial charge in [0, 0.05) is 12.8 Å². The van der Waals surface area contributed by atoms with E-state index >= 15 is 0 Å². The maximum atomic E-state index is 10.5. The zero-order valence-electron chi connectivity index (χ0n) is 6.79. The normalized spacial score (nSPS) is 28.7. The Morgan fingerprint density at radius 3 is 2.64 bits per heavy atom. The second-order valence-electron chi connectivity index (χ2n) is 2.44. The van der Waals surface area contributed by atoms with Crippen molar-refractivity contribution in [1.29, 1.82) is 0 Å². The molecule has 3 heteroatoms. The smallest absolute Gasteiger partial charge is 0.307 e. The predicted octanol–water partition coefficient (Wildman–Crippen LogP) is 1.59. The molecule has 0 N–H and O–H groups in total. The van der Waals surface area contributed by atoms with Gasteiger partial charge in [0.1, 0.15) is 12.0 Å². The summed E-state index contributed by atoms with van der Waals surface area (Å²) in [6.45, 7) is 3.80. The average molecular weight is 156 g/mol. The highest BCUT2D eigenvalue weighted by Gasteiger charge is 2.36. The number of rotatable bonds is 3. The maximum Gasteiger partial charge on any atom is 0.307 e. The lowest BCUT2D eigenvalue weighted by molar-refractivity contribution is -0.163. The summed E-state index contributed by atoms with van der Waals surface area (Å²) >= 11 is 0. The van der Waals surface area contributed by atoms with Crippen LogP contribution in [0.1, 0.15) is 26.7 Å². The van der Waals surface area contributed by atoms with Crippen molar-refractivity contribution in [2.75, 3.05) is 0 Å². The van der Waals surface area contributed by atoms with E-state index in [1.54, 1.807) is 0 Å². The van der Waals surface area contributed by atoms with E-state index in [-0.39, 0.29) is 0 Å². The lowest BCUT2D eigenvalue weighted by Gasteiger charge is -2.19. The molecule has 0 bridgehead atoms. The molecular weight excluding hydrogens is 144 g/mol. The highest BCUT2D eigenvalue weighted by molar-refractivity contribution is 5.61. The number of carbonyl (C=O) groups is 1. The molecular formula is C8H12O3. The van der Waals surface area contributed by atoms with Gasteiger partial charge in [0.2, 0.25) is 6.29 Å². The molecule has 0 spiro atoms. The first kappa shape index (κ1) is 8.11. The predicted molar refractivity (Wildman–Crippen MR) is 39.6 cm³/mol. The van der Waals surface area contributed by atoms with Crippen LogP contribution in [0, 0.1) is 0 Å². The molecule has 0 fully saturated rings. The van der Waals surface area contributed by atoms with E-state index < -0.39 is 5.79 Å². The van der Waals surface area contributed by atoms with Crippen molar-refractivity contribution in [2.24, 2.45) is 0 Å². The number of allylic oxidation sites excluding steroid dienone is 1. The second-order valence-corrected chi connectivity index (χ2v) is 2.44. The molecule has 0 aromatic heterocycles. The van der Waals surface area contributed by atoms with Crippen molar-refractivity contribution in [3.63, 3.8) is 0 Å². The molecule has 1 rings (SSSR count). The molecule has 1 atom stereocenters. The molecule has 0 saturated heterocycles. The standard InChI is InChI=1S/C8H12O3/c1-3-7-5-10-8(4-2,6-9)11-7/h5-6H,3-4H2,1-2H3. The Labute approximate surface area is 66.0 Å². The van der Waals surface area contributed by atoms with E-state index in [1.807, 2.05) is 13.8 Å². The van der Waals surface area contributed by atoms with Crippen LogP contribution in [-0.4, -0.2) is 12.1 Å². The average Bonchev–Trinajstić information content (AvgIpc) is 2.49. The molecule has 1 aliphatic rings. The van der Waals surface area contributed by atoms with Gasteiger partial charge in [-0.2, -0.15) is 0 Å². The lowest BCUT2D eigenvalue weighted by Crippen LogP contribution is -2.31. The Morgan fingerprint density at radius 2 is 2.36 bits per heavy atom. The second kappa shape index (κ2) is 2.95. The van der Waals surface area contributed by atoms with E-state index in [1.165, 1.54) is 6.26 Å². The van der Waals surface area contributed by atoms with Crippen molar-refractivity contribution in [3.8, 4) is 0 Å². The molecule has 3 nitrogen and oxygen atoms in total. The summed E-state index contributed by atoms with van der Waals surface area (Å²) in [5.41, 5.74) is 0. The summed E-state index contributed by atoms with van der Waals surface area (Å²) < 4.78 is 10.4. The maximum absolute atomic E-state index is 10.5. The number of ether oxygens (including phenoxy) is 2. The zero-order valence-corrected chi connectivity index (χ0v) is 6.79. The van der Waals surface area contributed by atoms with Gasteiger partial charge in [0.05, 0.1) is 0 Å². The van der Waals surface area contributed by atoms with Crippen LogP contribution < -0.4 is 0 Å². The van der Waals surface area contributed by atoms with Crippen molar-refractivity contribution in [3.05, 3.63) is 12.0 Å². The van der Waals surface area contributed by atoms with E-state index in [0.717, 1.165) is 12.2 Å². The van der Waals surface area contributed by atoms with Crippen LogP contribution in [-0.2, 0) is 14.3 Å². The number of carbonyl (C=O) groups excluding carboxylic acids is 1. The minimum absolute atomic E-state index is 0.538. The minimum atomic E-state index is -1.02. The fourth-order valence-electron chi connectivity index (χ4n) is 0.882. The topological polar surface area (TPSA) is 35.5 Å². The first-order chi connectivity index (χ1) is 5.26. The lowest BCUT2D eigenvalue weighted by atomic mass is 10.2. The molecule has 0 saturated carbocycles. The van der Waals surface area contributed by atoms with Crippen LogP contribution >= 0.6 is 0 Å². The Hall–Kier alpha value is -0.990. The van der Waals surface area contributed by atoms with E-state index in [9.17, 15) is 4.79 Å². The van der Waals surface area contributed by atoms with Crippen LogP contribution in [0.3, 0.4) is 0 Å². The van der Waals surface area contributed by atoms with E-state index in [4.69, 9.17) is 9.47 Å². The van der Waals surface area contributed by atoms with Gasteiger partial charge in [-0.05, 0) is 0 Å². The molecule has 1 heterocycles. The largest absolute Gasteiger partial charge is 0.450 e. The quantitative estimate of drug-likeness (QED) is 0.582. The van der Waals surface area contributed by atoms with Crippen LogP contribution in [0.15, 0.2) is 12.0 Å². The van der Waals surface area contributed by atoms with Crippen LogP contribution in [0.5, 0.6) is 0 Å². The molecule has 0 aromatic carbocycles. The van der Waals surface area contributed by atoms with Crippen LogP contribution in [0.2, 0.25) is 0 Å². The summed E-state index contributed by atoms with van der Waals surface area (Å²) in [6, 6.07) is 0. The molecule has 1 aliphatic heterocycles. The fourth-order valence-corrected chi connectivity index (χ4v) is 0.882. The van der Waals surface area contributed by atoms with Crippen LogP contribution in [0.4, 0.5) is 0 Å². The number of hydrogen-bond acceptors (Lipinski definition) is 3. The van der Waals surface area contributed by atoms with Crippen molar-refractivity contribution in [2.45, 2.75) is 32.5 Å². The zero-order chi connectivity index (χ0) is 8.32. The minimum Gasteiger partial charge on any atom is -0.450 e. The van der Waals surface area contributed by atoms with Crippen molar-refractivity contribution < 1.29 is 14.3 Å². The Bertz CT molecular complexity index is 186. The first-order valence-electron chi connectivity index (χ1n) is 3.78. The molecule has 0 aliphatic carbocycles. The highest BCUT2D eigenvalue weighted by Crippen LogP contribution is 2.27. The van der Waals surface area contributed by atoms with Gasteiger partial charge >= 0.3 is 5.79 Å². The van der Waals surface area contributed by atoms with E-state index in [2.05, 4.69) is 0 Å². The Morgan fingerprint density at radius 1 is 1.64 bits per heavy atom. The van der Waals surface area contributed by atoms with Crippen molar-refractivity contribution in [1.82, 2.24) is 0 Å². The van der Waals surface area contributed by atoms with Gasteiger partial charge in [-0.1, -0.05) is 13.8 Å². The monoisotopic (exact) mass is 156 g/mol. The summed E-state index contributed by atoms with van der Waals surface area (Å²) in [5, 5.41) is 0. The summed E-state index contributed by atoms with van der Waals surface area (Å²) in [5.74, 6) is -0.287. The fraction of sp³-hybridized carbons (Fsp3) is 0.625. The van der Waals surface area contributed by atoms with Gasteiger partial charge in [-0.25, -0.2) is 0 Å².